The van der Waals surface area contributed by atoms with Gasteiger partial charge in [-0.1, -0.05) is 12.1 Å². The number of hydrogen-bond acceptors (Lipinski definition) is 5. The first-order valence-corrected chi connectivity index (χ1v) is 9.95. The van der Waals surface area contributed by atoms with Crippen LogP contribution in [0, 0.1) is 0 Å². The number of nitrogens with one attached hydrogen (secondary N) is 1. The number of hydrogen-bond donors (Lipinski definition) is 1. The molecular weight excluding hydrogens is 348 g/mol. The van der Waals surface area contributed by atoms with Gasteiger partial charge >= 0.3 is 6.03 Å². The Morgan fingerprint density at radius 2 is 2.19 bits per heavy atom. The van der Waals surface area contributed by atoms with Gasteiger partial charge in [-0.15, -0.1) is 11.3 Å². The van der Waals surface area contributed by atoms with Crippen LogP contribution >= 0.6 is 11.3 Å². The number of urea groups is 1. The second-order valence-corrected chi connectivity index (χ2v) is 7.74. The van der Waals surface area contributed by atoms with Gasteiger partial charge in [0, 0.05) is 24.0 Å². The topological polar surface area (TPSA) is 71.3 Å². The first-order valence-electron chi connectivity index (χ1n) is 9.07. The van der Waals surface area contributed by atoms with E-state index in [0.29, 0.717) is 18.1 Å². The Morgan fingerprint density at radius 3 is 3.08 bits per heavy atom. The van der Waals surface area contributed by atoms with Gasteiger partial charge in [0.05, 0.1) is 0 Å². The van der Waals surface area contributed by atoms with Gasteiger partial charge in [-0.3, -0.25) is 0 Å². The van der Waals surface area contributed by atoms with E-state index >= 15 is 0 Å². The molecule has 6 nitrogen and oxygen atoms in total. The Hall–Kier alpha value is -2.41. The molecule has 1 saturated heterocycles. The van der Waals surface area contributed by atoms with Gasteiger partial charge in [0.2, 0.25) is 0 Å². The highest BCUT2D eigenvalue weighted by Crippen LogP contribution is 2.23. The molecule has 0 saturated carbocycles. The van der Waals surface area contributed by atoms with Crippen LogP contribution in [0.5, 0.6) is 0 Å². The molecule has 4 rings (SSSR count). The van der Waals surface area contributed by atoms with Gasteiger partial charge < -0.3 is 10.2 Å². The third-order valence-electron chi connectivity index (χ3n) is 4.95. The minimum absolute atomic E-state index is 0.0271. The molecule has 0 aliphatic carbocycles. The largest absolute Gasteiger partial charge is 0.334 e. The summed E-state index contributed by atoms with van der Waals surface area (Å²) in [4.78, 5) is 16.1. The molecule has 3 aromatic rings. The normalized spacial score (nSPS) is 17.5. The second-order valence-electron chi connectivity index (χ2n) is 6.71. The van der Waals surface area contributed by atoms with Crippen molar-refractivity contribution in [1.82, 2.24) is 20.5 Å². The van der Waals surface area contributed by atoms with Gasteiger partial charge in [0.25, 0.3) is 0 Å². The SMILES string of the molecule is O=C(NCc1ccc2nonc2c1)N1CCCC[C@@H]1CCc1cccs1. The number of aromatic nitrogens is 2. The van der Waals surface area contributed by atoms with E-state index in [-0.39, 0.29) is 6.03 Å². The van der Waals surface area contributed by atoms with E-state index < -0.39 is 0 Å². The summed E-state index contributed by atoms with van der Waals surface area (Å²) in [6.07, 6.45) is 5.45. The summed E-state index contributed by atoms with van der Waals surface area (Å²) in [6, 6.07) is 10.3. The van der Waals surface area contributed by atoms with Crippen LogP contribution < -0.4 is 5.32 Å². The molecule has 1 aliphatic heterocycles. The van der Waals surface area contributed by atoms with Crippen molar-refractivity contribution in [3.63, 3.8) is 0 Å². The number of thiophene rings is 1. The average Bonchev–Trinajstić information content (AvgIpc) is 3.35. The van der Waals surface area contributed by atoms with Crippen LogP contribution in [0.1, 0.15) is 36.1 Å². The van der Waals surface area contributed by atoms with Gasteiger partial charge in [0.1, 0.15) is 11.0 Å². The van der Waals surface area contributed by atoms with Crippen molar-refractivity contribution >= 4 is 28.4 Å². The van der Waals surface area contributed by atoms with E-state index in [1.807, 2.05) is 23.1 Å². The Bertz CT molecular complexity index is 861. The van der Waals surface area contributed by atoms with Gasteiger partial charge in [-0.25, -0.2) is 9.42 Å². The molecule has 0 spiro atoms. The molecule has 2 aromatic heterocycles. The van der Waals surface area contributed by atoms with E-state index in [1.54, 1.807) is 11.3 Å². The highest BCUT2D eigenvalue weighted by Gasteiger charge is 2.26. The predicted molar refractivity (Wildman–Crippen MR) is 101 cm³/mol. The monoisotopic (exact) mass is 370 g/mol. The Kier molecular flexibility index (Phi) is 5.15. The molecule has 26 heavy (non-hydrogen) atoms. The lowest BCUT2D eigenvalue weighted by Gasteiger charge is -2.35. The molecule has 0 bridgehead atoms. The zero-order chi connectivity index (χ0) is 17.8. The zero-order valence-electron chi connectivity index (χ0n) is 14.6. The number of benzene rings is 1. The minimum atomic E-state index is 0.0271. The predicted octanol–water partition coefficient (Wildman–Crippen LogP) is 3.98. The third-order valence-corrected chi connectivity index (χ3v) is 5.89. The van der Waals surface area contributed by atoms with Crippen LogP contribution in [0.4, 0.5) is 4.79 Å². The van der Waals surface area contributed by atoms with Crippen LogP contribution in [0.2, 0.25) is 0 Å². The number of nitrogens with zero attached hydrogens (tertiary/aromatic N) is 3. The summed E-state index contributed by atoms with van der Waals surface area (Å²) in [7, 11) is 0. The fourth-order valence-corrected chi connectivity index (χ4v) is 4.27. The second kappa shape index (κ2) is 7.86. The van der Waals surface area contributed by atoms with Crippen LogP contribution in [0.3, 0.4) is 0 Å². The number of piperidine rings is 1. The molecule has 2 amide bonds. The molecular formula is C19H22N4O2S. The summed E-state index contributed by atoms with van der Waals surface area (Å²) in [6.45, 7) is 1.32. The first-order chi connectivity index (χ1) is 12.8. The number of amides is 2. The minimum Gasteiger partial charge on any atom is -0.334 e. The summed E-state index contributed by atoms with van der Waals surface area (Å²) in [5, 5.41) is 12.8. The molecule has 1 aromatic carbocycles. The Balaban J connectivity index is 1.35. The van der Waals surface area contributed by atoms with Crippen LogP contribution in [0.25, 0.3) is 11.0 Å². The van der Waals surface area contributed by atoms with Crippen molar-refractivity contribution in [3.8, 4) is 0 Å². The fraction of sp³-hybridized carbons (Fsp3) is 0.421. The van der Waals surface area contributed by atoms with Crippen LogP contribution in [0.15, 0.2) is 40.3 Å². The highest BCUT2D eigenvalue weighted by molar-refractivity contribution is 7.09. The number of aryl methyl sites for hydroxylation is 1. The maximum absolute atomic E-state index is 12.7. The standard InChI is InChI=1S/C19H22N4O2S/c24-19(20-13-14-6-9-17-18(12-14)22-25-21-17)23-10-2-1-4-15(23)7-8-16-5-3-11-26-16/h3,5-6,9,11-12,15H,1-2,4,7-8,10,13H2,(H,20,24)/t15-/m1/s1. The van der Waals surface area contributed by atoms with Crippen molar-refractivity contribution in [3.05, 3.63) is 46.2 Å². The maximum Gasteiger partial charge on any atom is 0.317 e. The maximum atomic E-state index is 12.7. The van der Waals surface area contributed by atoms with E-state index in [0.717, 1.165) is 43.3 Å². The zero-order valence-corrected chi connectivity index (χ0v) is 15.4. The van der Waals surface area contributed by atoms with Crippen molar-refractivity contribution in [2.75, 3.05) is 6.54 Å². The lowest BCUT2D eigenvalue weighted by Crippen LogP contribution is -2.48. The summed E-state index contributed by atoms with van der Waals surface area (Å²) < 4.78 is 4.72. The smallest absolute Gasteiger partial charge is 0.317 e. The highest BCUT2D eigenvalue weighted by atomic mass is 32.1. The molecule has 1 N–H and O–H groups in total. The summed E-state index contributed by atoms with van der Waals surface area (Å²) in [5.41, 5.74) is 2.43. The van der Waals surface area contributed by atoms with Gasteiger partial charge in [0.15, 0.2) is 0 Å². The first kappa shape index (κ1) is 17.0. The lowest BCUT2D eigenvalue weighted by atomic mass is 9.98. The molecule has 0 radical (unpaired) electrons. The lowest BCUT2D eigenvalue weighted by molar-refractivity contribution is 0.146. The molecule has 1 fully saturated rings. The van der Waals surface area contributed by atoms with E-state index in [4.69, 9.17) is 4.63 Å². The number of carbonyl (C=O) groups is 1. The third kappa shape index (κ3) is 3.88. The van der Waals surface area contributed by atoms with Crippen molar-refractivity contribution in [2.45, 2.75) is 44.7 Å². The summed E-state index contributed by atoms with van der Waals surface area (Å²) >= 11 is 1.79. The van der Waals surface area contributed by atoms with Crippen molar-refractivity contribution < 1.29 is 9.42 Å². The van der Waals surface area contributed by atoms with E-state index in [2.05, 4.69) is 33.1 Å². The average molecular weight is 370 g/mol. The Morgan fingerprint density at radius 1 is 1.27 bits per heavy atom. The number of likely N-dealkylation sites (tertiary alicyclic amines) is 1. The van der Waals surface area contributed by atoms with Crippen LogP contribution in [-0.4, -0.2) is 33.8 Å². The molecule has 1 atom stereocenters. The van der Waals surface area contributed by atoms with Crippen molar-refractivity contribution in [1.29, 1.82) is 0 Å². The molecule has 1 aliphatic rings. The molecule has 0 unspecified atom stereocenters. The Labute approximate surface area is 156 Å². The number of fused-ring (bicyclic) bond motifs is 1. The number of carbonyl (C=O) groups excluding carboxylic acids is 1. The van der Waals surface area contributed by atoms with E-state index in [1.165, 1.54) is 11.3 Å². The molecule has 3 heterocycles. The van der Waals surface area contributed by atoms with Crippen LogP contribution in [-0.2, 0) is 13.0 Å². The quantitative estimate of drug-likeness (QED) is 0.737. The van der Waals surface area contributed by atoms with Crippen molar-refractivity contribution in [2.24, 2.45) is 0 Å². The van der Waals surface area contributed by atoms with Gasteiger partial charge in [-0.05, 0) is 71.6 Å². The number of rotatable bonds is 5. The molecule has 7 heteroatoms. The molecule has 136 valence electrons. The fourth-order valence-electron chi connectivity index (χ4n) is 3.55. The van der Waals surface area contributed by atoms with Gasteiger partial charge in [-0.2, -0.15) is 0 Å². The van der Waals surface area contributed by atoms with E-state index in [9.17, 15) is 4.79 Å². The summed E-state index contributed by atoms with van der Waals surface area (Å²) in [5.74, 6) is 0.